The van der Waals surface area contributed by atoms with Gasteiger partial charge >= 0.3 is 6.09 Å². The topological polar surface area (TPSA) is 73.2 Å². The van der Waals surface area contributed by atoms with E-state index >= 15 is 0 Å². The van der Waals surface area contributed by atoms with E-state index in [2.05, 4.69) is 4.90 Å². The summed E-state index contributed by atoms with van der Waals surface area (Å²) in [6.07, 6.45) is -0.307. The first-order valence-corrected chi connectivity index (χ1v) is 7.71. The molecule has 0 radical (unpaired) electrons. The lowest BCUT2D eigenvalue weighted by Gasteiger charge is -2.33. The highest BCUT2D eigenvalue weighted by molar-refractivity contribution is 5.69. The first-order valence-electron chi connectivity index (χ1n) is 7.71. The number of likely N-dealkylation sites (tertiary alicyclic amines) is 2. The van der Waals surface area contributed by atoms with E-state index in [1.54, 1.807) is 0 Å². The van der Waals surface area contributed by atoms with Gasteiger partial charge in [0.15, 0.2) is 0 Å². The van der Waals surface area contributed by atoms with E-state index in [1.807, 2.05) is 27.8 Å². The summed E-state index contributed by atoms with van der Waals surface area (Å²) in [5.74, 6) is 0.148. The van der Waals surface area contributed by atoms with Gasteiger partial charge in [-0.2, -0.15) is 0 Å². The predicted octanol–water partition coefficient (Wildman–Crippen LogP) is 0.669. The monoisotopic (exact) mass is 300 g/mol. The minimum atomic E-state index is -0.611. The van der Waals surface area contributed by atoms with Crippen molar-refractivity contribution in [1.82, 2.24) is 9.80 Å². The Morgan fingerprint density at radius 3 is 2.52 bits per heavy atom. The normalized spacial score (nSPS) is 32.5. The molecule has 4 atom stereocenters. The van der Waals surface area contributed by atoms with Crippen LogP contribution in [-0.4, -0.2) is 76.6 Å². The average Bonchev–Trinajstić information content (AvgIpc) is 2.92. The number of carbonyl (C=O) groups is 1. The van der Waals surface area contributed by atoms with E-state index in [0.29, 0.717) is 6.42 Å². The van der Waals surface area contributed by atoms with Crippen LogP contribution in [0.15, 0.2) is 0 Å². The number of aliphatic hydroxyl groups is 2. The number of carbonyl (C=O) groups excluding carboxylic acids is 1. The van der Waals surface area contributed by atoms with Crippen molar-refractivity contribution in [3.05, 3.63) is 0 Å². The van der Waals surface area contributed by atoms with Crippen LogP contribution >= 0.6 is 0 Å². The molecule has 2 rings (SSSR count). The number of hydrogen-bond acceptors (Lipinski definition) is 5. The number of nitrogens with zero attached hydrogens (tertiary/aromatic N) is 2. The van der Waals surface area contributed by atoms with Crippen molar-refractivity contribution in [2.24, 2.45) is 5.92 Å². The molecule has 122 valence electrons. The van der Waals surface area contributed by atoms with Crippen LogP contribution in [0.25, 0.3) is 0 Å². The zero-order valence-electron chi connectivity index (χ0n) is 13.5. The lowest BCUT2D eigenvalue weighted by atomic mass is 9.93. The zero-order valence-corrected chi connectivity index (χ0v) is 13.5. The van der Waals surface area contributed by atoms with Crippen LogP contribution in [0, 0.1) is 5.92 Å². The smallest absolute Gasteiger partial charge is 0.410 e. The Balaban J connectivity index is 2.04. The van der Waals surface area contributed by atoms with Crippen molar-refractivity contribution in [1.29, 1.82) is 0 Å². The first kappa shape index (κ1) is 16.5. The van der Waals surface area contributed by atoms with Gasteiger partial charge in [0.2, 0.25) is 0 Å². The molecule has 0 aromatic rings. The molecule has 6 heteroatoms. The number of aliphatic hydroxyl groups excluding tert-OH is 2. The quantitative estimate of drug-likeness (QED) is 0.784. The summed E-state index contributed by atoms with van der Waals surface area (Å²) in [5.41, 5.74) is -0.576. The molecule has 0 aliphatic carbocycles. The number of amides is 1. The fourth-order valence-electron chi connectivity index (χ4n) is 3.26. The van der Waals surface area contributed by atoms with Gasteiger partial charge in [0, 0.05) is 12.5 Å². The number of hydrogen-bond donors (Lipinski definition) is 2. The molecule has 2 aliphatic rings. The molecule has 0 aromatic carbocycles. The molecule has 21 heavy (non-hydrogen) atoms. The lowest BCUT2D eigenvalue weighted by Crippen LogP contribution is -2.47. The average molecular weight is 300 g/mol. The Morgan fingerprint density at radius 1 is 1.33 bits per heavy atom. The van der Waals surface area contributed by atoms with Crippen molar-refractivity contribution in [2.75, 3.05) is 26.7 Å². The summed E-state index contributed by atoms with van der Waals surface area (Å²) in [5, 5.41) is 20.5. The highest BCUT2D eigenvalue weighted by Gasteiger charge is 2.43. The van der Waals surface area contributed by atoms with Crippen LogP contribution in [0.5, 0.6) is 0 Å². The summed E-state index contributed by atoms with van der Waals surface area (Å²) in [6, 6.07) is -0.355. The van der Waals surface area contributed by atoms with Gasteiger partial charge in [-0.1, -0.05) is 0 Å². The fraction of sp³-hybridized carbons (Fsp3) is 0.933. The van der Waals surface area contributed by atoms with Crippen LogP contribution in [0.3, 0.4) is 0 Å². The minimum absolute atomic E-state index is 0.148. The molecule has 2 aliphatic heterocycles. The van der Waals surface area contributed by atoms with Crippen molar-refractivity contribution in [3.8, 4) is 0 Å². The Hall–Kier alpha value is -0.850. The number of β-amino-alcohol motifs (C(OH)–C–C–N with tert-alkyl or cyclic N) is 1. The molecule has 0 saturated carbocycles. The van der Waals surface area contributed by atoms with E-state index in [-0.39, 0.29) is 18.5 Å². The molecule has 0 bridgehead atoms. The zero-order chi connectivity index (χ0) is 15.8. The van der Waals surface area contributed by atoms with Gasteiger partial charge in [-0.15, -0.1) is 0 Å². The Morgan fingerprint density at radius 2 is 2.00 bits per heavy atom. The second kappa shape index (κ2) is 6.10. The van der Waals surface area contributed by atoms with Gasteiger partial charge in [-0.05, 0) is 47.2 Å². The molecule has 0 unspecified atom stereocenters. The molecule has 1 amide bonds. The van der Waals surface area contributed by atoms with E-state index in [9.17, 15) is 15.0 Å². The predicted molar refractivity (Wildman–Crippen MR) is 79.0 cm³/mol. The molecule has 2 heterocycles. The lowest BCUT2D eigenvalue weighted by molar-refractivity contribution is -0.00639. The maximum atomic E-state index is 12.3. The van der Waals surface area contributed by atoms with Crippen LogP contribution in [0.4, 0.5) is 4.79 Å². The summed E-state index contributed by atoms with van der Waals surface area (Å²) in [6.45, 7) is 7.47. The standard InChI is InChI=1S/C15H28N2O4/c1-15(2,3)21-14(20)17-9-11(18)7-12(17)13(19)10-5-6-16(4)8-10/h10-13,18-19H,5-9H2,1-4H3/t10-,11-,12+,13-/m1/s1. The van der Waals surface area contributed by atoms with Crippen molar-refractivity contribution in [2.45, 2.75) is 57.5 Å². The number of rotatable bonds is 2. The van der Waals surface area contributed by atoms with E-state index in [1.165, 1.54) is 4.90 Å². The summed E-state index contributed by atoms with van der Waals surface area (Å²) in [4.78, 5) is 15.9. The molecule has 2 N–H and O–H groups in total. The van der Waals surface area contributed by atoms with Crippen molar-refractivity contribution < 1.29 is 19.7 Å². The van der Waals surface area contributed by atoms with Gasteiger partial charge in [0.25, 0.3) is 0 Å². The van der Waals surface area contributed by atoms with Gasteiger partial charge in [0.05, 0.1) is 24.8 Å². The third kappa shape index (κ3) is 4.08. The van der Waals surface area contributed by atoms with Crippen LogP contribution in [-0.2, 0) is 4.74 Å². The first-order chi connectivity index (χ1) is 9.67. The van der Waals surface area contributed by atoms with Gasteiger partial charge in [0.1, 0.15) is 5.60 Å². The maximum Gasteiger partial charge on any atom is 0.410 e. The second-order valence-electron chi connectivity index (χ2n) is 7.39. The van der Waals surface area contributed by atoms with Crippen LogP contribution in [0.1, 0.15) is 33.6 Å². The minimum Gasteiger partial charge on any atom is -0.444 e. The molecule has 2 fully saturated rings. The molecule has 0 aromatic heterocycles. The maximum absolute atomic E-state index is 12.3. The second-order valence-corrected chi connectivity index (χ2v) is 7.39. The Kier molecular flexibility index (Phi) is 4.80. The molecular formula is C15H28N2O4. The highest BCUT2D eigenvalue weighted by atomic mass is 16.6. The van der Waals surface area contributed by atoms with E-state index in [0.717, 1.165) is 19.5 Å². The van der Waals surface area contributed by atoms with Gasteiger partial charge < -0.3 is 19.8 Å². The van der Waals surface area contributed by atoms with Crippen molar-refractivity contribution in [3.63, 3.8) is 0 Å². The summed E-state index contributed by atoms with van der Waals surface area (Å²) < 4.78 is 5.39. The van der Waals surface area contributed by atoms with Gasteiger partial charge in [-0.3, -0.25) is 4.90 Å². The third-order valence-electron chi connectivity index (χ3n) is 4.25. The van der Waals surface area contributed by atoms with E-state index < -0.39 is 23.9 Å². The molecule has 2 saturated heterocycles. The third-order valence-corrected chi connectivity index (χ3v) is 4.25. The largest absolute Gasteiger partial charge is 0.444 e. The summed E-state index contributed by atoms with van der Waals surface area (Å²) in [7, 11) is 2.03. The van der Waals surface area contributed by atoms with Gasteiger partial charge in [-0.25, -0.2) is 4.79 Å². The summed E-state index contributed by atoms with van der Waals surface area (Å²) >= 11 is 0. The van der Waals surface area contributed by atoms with Crippen LogP contribution < -0.4 is 0 Å². The SMILES string of the molecule is CN1CC[C@@H]([C@@H](O)[C@@H]2C[C@@H](O)CN2C(=O)OC(C)(C)C)C1. The Bertz CT molecular complexity index is 382. The molecule has 6 nitrogen and oxygen atoms in total. The molecular weight excluding hydrogens is 272 g/mol. The molecule has 0 spiro atoms. The van der Waals surface area contributed by atoms with Crippen molar-refractivity contribution >= 4 is 6.09 Å². The Labute approximate surface area is 126 Å². The fourth-order valence-corrected chi connectivity index (χ4v) is 3.26. The van der Waals surface area contributed by atoms with Crippen LogP contribution in [0.2, 0.25) is 0 Å². The number of ether oxygens (including phenoxy) is 1. The highest BCUT2D eigenvalue weighted by Crippen LogP contribution is 2.30. The van der Waals surface area contributed by atoms with E-state index in [4.69, 9.17) is 4.74 Å².